The van der Waals surface area contributed by atoms with Gasteiger partial charge in [-0.2, -0.15) is 0 Å². The van der Waals surface area contributed by atoms with Crippen molar-refractivity contribution in [3.63, 3.8) is 0 Å². The summed E-state index contributed by atoms with van der Waals surface area (Å²) in [5, 5.41) is 3.57. The predicted octanol–water partition coefficient (Wildman–Crippen LogP) is 4.01. The van der Waals surface area contributed by atoms with E-state index in [1.807, 2.05) is 18.2 Å². The molecule has 3 rings (SSSR count). The Morgan fingerprint density at radius 3 is 2.50 bits per heavy atom. The lowest BCUT2D eigenvalue weighted by molar-refractivity contribution is -0.124. The first-order valence-electron chi connectivity index (χ1n) is 7.88. The van der Waals surface area contributed by atoms with E-state index in [-0.39, 0.29) is 17.8 Å². The van der Waals surface area contributed by atoms with Crippen molar-refractivity contribution in [2.45, 2.75) is 24.4 Å². The van der Waals surface area contributed by atoms with Crippen LogP contribution >= 0.6 is 11.6 Å². The fourth-order valence-corrected chi connectivity index (χ4v) is 3.21. The second-order valence-electron chi connectivity index (χ2n) is 6.04. The van der Waals surface area contributed by atoms with E-state index in [4.69, 9.17) is 16.3 Å². The molecule has 5 heteroatoms. The van der Waals surface area contributed by atoms with E-state index in [2.05, 4.69) is 5.32 Å². The molecule has 1 aliphatic rings. The lowest BCUT2D eigenvalue weighted by atomic mass is 9.95. The second-order valence-corrected chi connectivity index (χ2v) is 6.45. The third-order valence-electron chi connectivity index (χ3n) is 4.57. The average Bonchev–Trinajstić information content (AvgIpc) is 3.39. The molecule has 24 heavy (non-hydrogen) atoms. The number of halogens is 2. The van der Waals surface area contributed by atoms with Crippen molar-refractivity contribution in [1.29, 1.82) is 0 Å². The summed E-state index contributed by atoms with van der Waals surface area (Å²) in [5.41, 5.74) is 1.16. The number of methoxy groups -OCH3 is 1. The topological polar surface area (TPSA) is 38.3 Å². The zero-order chi connectivity index (χ0) is 17.2. The molecular weight excluding hydrogens is 329 g/mol. The number of amides is 1. The van der Waals surface area contributed by atoms with Gasteiger partial charge in [0.1, 0.15) is 11.9 Å². The Morgan fingerprint density at radius 1 is 1.25 bits per heavy atom. The zero-order valence-corrected chi connectivity index (χ0v) is 14.1. The van der Waals surface area contributed by atoms with Crippen molar-refractivity contribution in [3.05, 3.63) is 70.5 Å². The molecule has 1 aliphatic carbocycles. The number of rotatable bonds is 6. The molecule has 0 aliphatic heterocycles. The Hall–Kier alpha value is -1.91. The fourth-order valence-electron chi connectivity index (χ4n) is 2.95. The molecule has 126 valence electrons. The van der Waals surface area contributed by atoms with Gasteiger partial charge in [0.2, 0.25) is 5.91 Å². The van der Waals surface area contributed by atoms with Crippen LogP contribution < -0.4 is 5.32 Å². The molecule has 1 atom stereocenters. The monoisotopic (exact) mass is 347 g/mol. The third kappa shape index (κ3) is 3.30. The smallest absolute Gasteiger partial charge is 0.230 e. The van der Waals surface area contributed by atoms with Crippen molar-refractivity contribution >= 4 is 17.5 Å². The summed E-state index contributed by atoms with van der Waals surface area (Å²) in [7, 11) is 1.59. The fraction of sp³-hybridized carbons (Fsp3) is 0.316. The maximum atomic E-state index is 13.1. The van der Waals surface area contributed by atoms with Gasteiger partial charge >= 0.3 is 0 Å². The van der Waals surface area contributed by atoms with E-state index >= 15 is 0 Å². The van der Waals surface area contributed by atoms with Crippen molar-refractivity contribution < 1.29 is 13.9 Å². The quantitative estimate of drug-likeness (QED) is 0.857. The minimum atomic E-state index is -0.535. The second kappa shape index (κ2) is 6.91. The summed E-state index contributed by atoms with van der Waals surface area (Å²) in [5.74, 6) is -0.351. The Bertz CT molecular complexity index is 728. The third-order valence-corrected chi connectivity index (χ3v) is 4.91. The maximum absolute atomic E-state index is 13.1. The van der Waals surface area contributed by atoms with Gasteiger partial charge in [0.25, 0.3) is 0 Å². The Morgan fingerprint density at radius 2 is 1.92 bits per heavy atom. The number of hydrogen-bond donors (Lipinski definition) is 1. The molecule has 2 aromatic rings. The van der Waals surface area contributed by atoms with Crippen molar-refractivity contribution in [3.8, 4) is 0 Å². The Labute approximate surface area is 145 Å². The molecule has 0 aromatic heterocycles. The molecule has 0 unspecified atom stereocenters. The molecule has 0 heterocycles. The van der Waals surface area contributed by atoms with Crippen LogP contribution in [-0.4, -0.2) is 19.6 Å². The summed E-state index contributed by atoms with van der Waals surface area (Å²) >= 11 is 6.20. The van der Waals surface area contributed by atoms with Crippen LogP contribution in [0.15, 0.2) is 48.5 Å². The summed E-state index contributed by atoms with van der Waals surface area (Å²) in [4.78, 5) is 12.7. The van der Waals surface area contributed by atoms with Crippen molar-refractivity contribution in [2.24, 2.45) is 0 Å². The summed E-state index contributed by atoms with van der Waals surface area (Å²) < 4.78 is 18.6. The number of hydrogen-bond acceptors (Lipinski definition) is 2. The molecule has 0 saturated heterocycles. The van der Waals surface area contributed by atoms with Crippen LogP contribution in [0.5, 0.6) is 0 Å². The molecule has 0 radical (unpaired) electrons. The largest absolute Gasteiger partial charge is 0.375 e. The molecule has 1 N–H and O–H groups in total. The van der Waals surface area contributed by atoms with Crippen LogP contribution in [0, 0.1) is 5.82 Å². The van der Waals surface area contributed by atoms with Crippen molar-refractivity contribution in [1.82, 2.24) is 5.32 Å². The van der Waals surface area contributed by atoms with E-state index < -0.39 is 5.41 Å². The standard InChI is InChI=1S/C19H19ClFNO2/c1-24-17(15-4-2-3-5-16(15)20)12-22-18(23)19(10-11-19)13-6-8-14(21)9-7-13/h2-9,17H,10-12H2,1H3,(H,22,23)/t17-/m1/s1. The van der Waals surface area contributed by atoms with Crippen LogP contribution in [-0.2, 0) is 14.9 Å². The van der Waals surface area contributed by atoms with Crippen LogP contribution in [0.25, 0.3) is 0 Å². The summed E-state index contributed by atoms with van der Waals surface area (Å²) in [6, 6.07) is 13.6. The van der Waals surface area contributed by atoms with Gasteiger partial charge < -0.3 is 10.1 Å². The maximum Gasteiger partial charge on any atom is 0.230 e. The van der Waals surface area contributed by atoms with Crippen molar-refractivity contribution in [2.75, 3.05) is 13.7 Å². The van der Waals surface area contributed by atoms with Crippen LogP contribution in [0.1, 0.15) is 30.1 Å². The number of nitrogens with one attached hydrogen (secondary N) is 1. The first kappa shape index (κ1) is 16.9. The van der Waals surface area contributed by atoms with Gasteiger partial charge in [-0.15, -0.1) is 0 Å². The van der Waals surface area contributed by atoms with Gasteiger partial charge in [-0.3, -0.25) is 4.79 Å². The predicted molar refractivity (Wildman–Crippen MR) is 91.5 cm³/mol. The van der Waals surface area contributed by atoms with Crippen LogP contribution in [0.2, 0.25) is 5.02 Å². The highest BCUT2D eigenvalue weighted by Crippen LogP contribution is 2.48. The minimum absolute atomic E-state index is 0.0526. The first-order valence-corrected chi connectivity index (χ1v) is 8.26. The lowest BCUT2D eigenvalue weighted by Crippen LogP contribution is -2.37. The lowest BCUT2D eigenvalue weighted by Gasteiger charge is -2.21. The molecule has 2 aromatic carbocycles. The minimum Gasteiger partial charge on any atom is -0.375 e. The highest BCUT2D eigenvalue weighted by Gasteiger charge is 2.51. The van der Waals surface area contributed by atoms with Gasteiger partial charge in [-0.1, -0.05) is 41.9 Å². The van der Waals surface area contributed by atoms with E-state index in [1.165, 1.54) is 12.1 Å². The molecule has 1 fully saturated rings. The Kier molecular flexibility index (Phi) is 4.88. The van der Waals surface area contributed by atoms with E-state index in [0.717, 1.165) is 24.0 Å². The molecule has 0 bridgehead atoms. The van der Waals surface area contributed by atoms with E-state index in [1.54, 1.807) is 25.3 Å². The molecule has 1 saturated carbocycles. The number of benzene rings is 2. The number of carbonyl (C=O) groups excluding carboxylic acids is 1. The summed E-state index contributed by atoms with van der Waals surface area (Å²) in [6.45, 7) is 0.335. The van der Waals surface area contributed by atoms with Gasteiger partial charge in [0.15, 0.2) is 0 Å². The Balaban J connectivity index is 1.68. The van der Waals surface area contributed by atoms with Crippen LogP contribution in [0.3, 0.4) is 0 Å². The molecular formula is C19H19ClFNO2. The highest BCUT2D eigenvalue weighted by molar-refractivity contribution is 6.31. The van der Waals surface area contributed by atoms with E-state index in [0.29, 0.717) is 11.6 Å². The van der Waals surface area contributed by atoms with Gasteiger partial charge in [0.05, 0.1) is 5.41 Å². The molecule has 0 spiro atoms. The number of carbonyl (C=O) groups is 1. The van der Waals surface area contributed by atoms with Gasteiger partial charge in [0, 0.05) is 24.2 Å². The first-order chi connectivity index (χ1) is 11.6. The van der Waals surface area contributed by atoms with E-state index in [9.17, 15) is 9.18 Å². The number of ether oxygens (including phenoxy) is 1. The van der Waals surface area contributed by atoms with Gasteiger partial charge in [-0.25, -0.2) is 4.39 Å². The average molecular weight is 348 g/mol. The normalized spacial score (nSPS) is 16.5. The zero-order valence-electron chi connectivity index (χ0n) is 13.4. The highest BCUT2D eigenvalue weighted by atomic mass is 35.5. The van der Waals surface area contributed by atoms with Gasteiger partial charge in [-0.05, 0) is 36.6 Å². The molecule has 3 nitrogen and oxygen atoms in total. The SMILES string of the molecule is CO[C@H](CNC(=O)C1(c2ccc(F)cc2)CC1)c1ccccc1Cl. The van der Waals surface area contributed by atoms with Crippen LogP contribution in [0.4, 0.5) is 4.39 Å². The summed E-state index contributed by atoms with van der Waals surface area (Å²) in [6.07, 6.45) is 1.23. The molecule has 1 amide bonds.